The maximum Gasteiger partial charge on any atom is 0.127 e. The van der Waals surface area contributed by atoms with E-state index < -0.39 is 0 Å². The predicted octanol–water partition coefficient (Wildman–Crippen LogP) is 7.40. The van der Waals surface area contributed by atoms with Crippen molar-refractivity contribution in [1.82, 2.24) is 0 Å². The summed E-state index contributed by atoms with van der Waals surface area (Å²) in [6.07, 6.45) is 0. The Labute approximate surface area is 181 Å². The molecule has 0 spiro atoms. The Kier molecular flexibility index (Phi) is 5.13. The number of aryl methyl sites for hydroxylation is 1. The third-order valence-electron chi connectivity index (χ3n) is 6.72. The van der Waals surface area contributed by atoms with E-state index >= 15 is 0 Å². The SMILES string of the molecule is Cc1ccc(C2c3c(C)c(N[C@@H](C)c4ccccc4)c(C)c(C)c3OC2(C)C)cc1. The number of rotatable bonds is 4. The Hall–Kier alpha value is -2.74. The third-order valence-corrected chi connectivity index (χ3v) is 6.72. The Balaban J connectivity index is 1.84. The zero-order valence-corrected chi connectivity index (χ0v) is 19.3. The standard InChI is InChI=1S/C28H33NO/c1-17-13-15-23(16-14-17)25-24-20(4)26(29-21(5)22-11-9-8-10-12-22)18(2)19(3)27(24)30-28(25,6)7/h8-16,21,25,29H,1-7H3/t21-,25?/m0/s1. The van der Waals surface area contributed by atoms with E-state index in [0.717, 1.165) is 5.75 Å². The van der Waals surface area contributed by atoms with Crippen LogP contribution in [0, 0.1) is 27.7 Å². The van der Waals surface area contributed by atoms with Gasteiger partial charge in [0.15, 0.2) is 0 Å². The summed E-state index contributed by atoms with van der Waals surface area (Å²) < 4.78 is 6.60. The Bertz CT molecular complexity index is 1060. The average Bonchev–Trinajstić information content (AvgIpc) is 3.02. The van der Waals surface area contributed by atoms with E-state index in [0.29, 0.717) is 0 Å². The van der Waals surface area contributed by atoms with Gasteiger partial charge in [-0.05, 0) is 76.3 Å². The molecule has 3 aromatic rings. The molecule has 0 saturated carbocycles. The van der Waals surface area contributed by atoms with E-state index in [1.165, 1.54) is 44.6 Å². The van der Waals surface area contributed by atoms with Crippen molar-refractivity contribution in [2.75, 3.05) is 5.32 Å². The molecule has 2 atom stereocenters. The predicted molar refractivity (Wildman–Crippen MR) is 127 cm³/mol. The van der Waals surface area contributed by atoms with Crippen LogP contribution in [0.4, 0.5) is 5.69 Å². The van der Waals surface area contributed by atoms with Crippen LogP contribution in [-0.4, -0.2) is 5.60 Å². The molecule has 3 aromatic carbocycles. The molecule has 0 amide bonds. The zero-order chi connectivity index (χ0) is 21.6. The fraction of sp³-hybridized carbons (Fsp3) is 0.357. The first-order chi connectivity index (χ1) is 14.2. The lowest BCUT2D eigenvalue weighted by atomic mass is 9.78. The fourth-order valence-electron chi connectivity index (χ4n) is 4.88. The van der Waals surface area contributed by atoms with E-state index in [-0.39, 0.29) is 17.6 Å². The molecular weight excluding hydrogens is 366 g/mol. The van der Waals surface area contributed by atoms with Gasteiger partial charge in [-0.15, -0.1) is 0 Å². The van der Waals surface area contributed by atoms with Crippen LogP contribution < -0.4 is 10.1 Å². The van der Waals surface area contributed by atoms with Crippen LogP contribution in [0.5, 0.6) is 5.75 Å². The largest absolute Gasteiger partial charge is 0.486 e. The monoisotopic (exact) mass is 399 g/mol. The summed E-state index contributed by atoms with van der Waals surface area (Å²) in [4.78, 5) is 0. The van der Waals surface area contributed by atoms with Gasteiger partial charge in [0.1, 0.15) is 11.4 Å². The van der Waals surface area contributed by atoms with E-state index in [9.17, 15) is 0 Å². The topological polar surface area (TPSA) is 21.3 Å². The van der Waals surface area contributed by atoms with Crippen molar-refractivity contribution in [3.63, 3.8) is 0 Å². The first-order valence-electron chi connectivity index (χ1n) is 10.9. The Morgan fingerprint density at radius 1 is 0.833 bits per heavy atom. The maximum absolute atomic E-state index is 6.60. The highest BCUT2D eigenvalue weighted by molar-refractivity contribution is 5.71. The van der Waals surface area contributed by atoms with Crippen molar-refractivity contribution in [2.24, 2.45) is 0 Å². The molecule has 4 rings (SSSR count). The van der Waals surface area contributed by atoms with Gasteiger partial charge in [-0.2, -0.15) is 0 Å². The second-order valence-corrected chi connectivity index (χ2v) is 9.32. The molecule has 0 bridgehead atoms. The van der Waals surface area contributed by atoms with Crippen LogP contribution in [0.25, 0.3) is 0 Å². The smallest absolute Gasteiger partial charge is 0.127 e. The van der Waals surface area contributed by atoms with Crippen LogP contribution >= 0.6 is 0 Å². The van der Waals surface area contributed by atoms with Crippen LogP contribution in [0.2, 0.25) is 0 Å². The van der Waals surface area contributed by atoms with Crippen LogP contribution in [-0.2, 0) is 0 Å². The molecule has 1 heterocycles. The summed E-state index contributed by atoms with van der Waals surface area (Å²) in [5.41, 5.74) is 9.98. The van der Waals surface area contributed by atoms with Crippen molar-refractivity contribution in [1.29, 1.82) is 0 Å². The number of hydrogen-bond acceptors (Lipinski definition) is 2. The molecule has 2 nitrogen and oxygen atoms in total. The van der Waals surface area contributed by atoms with Crippen molar-refractivity contribution in [2.45, 2.75) is 66.0 Å². The van der Waals surface area contributed by atoms with Crippen LogP contribution in [0.1, 0.15) is 71.7 Å². The van der Waals surface area contributed by atoms with E-state index in [1.54, 1.807) is 0 Å². The normalized spacial score (nSPS) is 17.9. The molecule has 0 fully saturated rings. The fourth-order valence-corrected chi connectivity index (χ4v) is 4.88. The molecule has 1 unspecified atom stereocenters. The lowest BCUT2D eigenvalue weighted by molar-refractivity contribution is 0.121. The van der Waals surface area contributed by atoms with E-state index in [4.69, 9.17) is 4.74 Å². The molecular formula is C28H33NO. The number of anilines is 1. The summed E-state index contributed by atoms with van der Waals surface area (Å²) in [6.45, 7) is 15.4. The quantitative estimate of drug-likeness (QED) is 0.493. The highest BCUT2D eigenvalue weighted by Gasteiger charge is 2.44. The second-order valence-electron chi connectivity index (χ2n) is 9.32. The Morgan fingerprint density at radius 3 is 2.10 bits per heavy atom. The van der Waals surface area contributed by atoms with Gasteiger partial charge >= 0.3 is 0 Å². The van der Waals surface area contributed by atoms with Crippen molar-refractivity contribution in [3.05, 3.63) is 93.5 Å². The molecule has 1 N–H and O–H groups in total. The molecule has 0 radical (unpaired) electrons. The minimum atomic E-state index is -0.288. The summed E-state index contributed by atoms with van der Waals surface area (Å²) >= 11 is 0. The Morgan fingerprint density at radius 2 is 1.47 bits per heavy atom. The van der Waals surface area contributed by atoms with Crippen LogP contribution in [0.3, 0.4) is 0 Å². The minimum absolute atomic E-state index is 0.208. The third kappa shape index (κ3) is 3.39. The second kappa shape index (κ2) is 7.50. The molecule has 0 aromatic heterocycles. The first-order valence-corrected chi connectivity index (χ1v) is 10.9. The van der Waals surface area contributed by atoms with E-state index in [2.05, 4.69) is 108 Å². The number of benzene rings is 3. The number of fused-ring (bicyclic) bond motifs is 1. The summed E-state index contributed by atoms with van der Waals surface area (Å²) in [5.74, 6) is 1.28. The molecule has 0 aliphatic carbocycles. The summed E-state index contributed by atoms with van der Waals surface area (Å²) in [7, 11) is 0. The zero-order valence-electron chi connectivity index (χ0n) is 19.3. The van der Waals surface area contributed by atoms with Gasteiger partial charge in [0.25, 0.3) is 0 Å². The highest BCUT2D eigenvalue weighted by Crippen LogP contribution is 2.53. The van der Waals surface area contributed by atoms with Gasteiger partial charge < -0.3 is 10.1 Å². The van der Waals surface area contributed by atoms with Gasteiger partial charge in [0, 0.05) is 17.3 Å². The molecule has 1 aliphatic heterocycles. The molecule has 1 aliphatic rings. The van der Waals surface area contributed by atoms with E-state index in [1.807, 2.05) is 0 Å². The summed E-state index contributed by atoms with van der Waals surface area (Å²) in [5, 5.41) is 3.82. The molecule has 156 valence electrons. The summed E-state index contributed by atoms with van der Waals surface area (Å²) in [6, 6.07) is 19.8. The minimum Gasteiger partial charge on any atom is -0.486 e. The lowest BCUT2D eigenvalue weighted by Gasteiger charge is -2.28. The molecule has 30 heavy (non-hydrogen) atoms. The van der Waals surface area contributed by atoms with Gasteiger partial charge in [0.05, 0.1) is 5.92 Å². The molecule has 2 heteroatoms. The first kappa shape index (κ1) is 20.5. The number of ether oxygens (including phenoxy) is 1. The highest BCUT2D eigenvalue weighted by atomic mass is 16.5. The van der Waals surface area contributed by atoms with Gasteiger partial charge in [-0.25, -0.2) is 0 Å². The van der Waals surface area contributed by atoms with Crippen molar-refractivity contribution in [3.8, 4) is 5.75 Å². The molecule has 0 saturated heterocycles. The van der Waals surface area contributed by atoms with Gasteiger partial charge in [0.2, 0.25) is 0 Å². The maximum atomic E-state index is 6.60. The number of hydrogen-bond donors (Lipinski definition) is 1. The van der Waals surface area contributed by atoms with Crippen molar-refractivity contribution >= 4 is 5.69 Å². The van der Waals surface area contributed by atoms with Gasteiger partial charge in [-0.1, -0.05) is 60.2 Å². The average molecular weight is 400 g/mol. The number of nitrogens with one attached hydrogen (secondary N) is 1. The lowest BCUT2D eigenvalue weighted by Crippen LogP contribution is -2.31. The van der Waals surface area contributed by atoms with Gasteiger partial charge in [-0.3, -0.25) is 0 Å². The van der Waals surface area contributed by atoms with Crippen molar-refractivity contribution < 1.29 is 4.74 Å². The van der Waals surface area contributed by atoms with Crippen LogP contribution in [0.15, 0.2) is 54.6 Å².